The van der Waals surface area contributed by atoms with Gasteiger partial charge in [-0.3, -0.25) is 24.2 Å². The van der Waals surface area contributed by atoms with Gasteiger partial charge in [-0.2, -0.15) is 0 Å². The lowest BCUT2D eigenvalue weighted by Gasteiger charge is -2.48. The number of rotatable bonds is 6. The van der Waals surface area contributed by atoms with Gasteiger partial charge in [0.05, 0.1) is 17.3 Å². The first kappa shape index (κ1) is 23.1. The molecule has 0 saturated carbocycles. The highest BCUT2D eigenvalue weighted by molar-refractivity contribution is 7.10. The van der Waals surface area contributed by atoms with Crippen molar-refractivity contribution < 1.29 is 14.4 Å². The smallest absolute Gasteiger partial charge is 0.258 e. The molecule has 180 valence electrons. The minimum atomic E-state index is -0.823. The summed E-state index contributed by atoms with van der Waals surface area (Å²) in [7, 11) is 0. The largest absolute Gasteiger partial charge is 0.353 e. The molecule has 1 aromatic carbocycles. The highest BCUT2D eigenvalue weighted by atomic mass is 32.1. The number of thiophene rings is 1. The number of fused-ring (bicyclic) bond motifs is 3. The van der Waals surface area contributed by atoms with Gasteiger partial charge in [0.25, 0.3) is 5.91 Å². The van der Waals surface area contributed by atoms with E-state index in [4.69, 9.17) is 0 Å². The zero-order valence-electron chi connectivity index (χ0n) is 19.8. The van der Waals surface area contributed by atoms with E-state index in [1.165, 1.54) is 17.7 Å². The number of carbonyl (C=O) groups is 3. The van der Waals surface area contributed by atoms with Crippen LogP contribution in [0.2, 0.25) is 0 Å². The maximum Gasteiger partial charge on any atom is 0.258 e. The lowest BCUT2D eigenvalue weighted by Crippen LogP contribution is -2.64. The number of amides is 3. The van der Waals surface area contributed by atoms with Crippen molar-refractivity contribution >= 4 is 34.7 Å². The minimum absolute atomic E-state index is 0.00931. The van der Waals surface area contributed by atoms with Gasteiger partial charge in [0.2, 0.25) is 11.8 Å². The number of carbonyl (C=O) groups excluding carboxylic acids is 3. The van der Waals surface area contributed by atoms with E-state index in [-0.39, 0.29) is 30.3 Å². The van der Waals surface area contributed by atoms with Crippen LogP contribution in [-0.4, -0.2) is 59.4 Å². The summed E-state index contributed by atoms with van der Waals surface area (Å²) in [5.41, 5.74) is 0.295. The maximum absolute atomic E-state index is 13.4. The van der Waals surface area contributed by atoms with Crippen LogP contribution in [0.4, 0.5) is 5.69 Å². The van der Waals surface area contributed by atoms with Crippen molar-refractivity contribution in [1.82, 2.24) is 15.1 Å². The Hall–Kier alpha value is -2.71. The molecule has 2 aromatic rings. The van der Waals surface area contributed by atoms with Crippen LogP contribution in [0.25, 0.3) is 0 Å². The molecule has 4 heterocycles. The Morgan fingerprint density at radius 3 is 2.68 bits per heavy atom. The van der Waals surface area contributed by atoms with Gasteiger partial charge in [0.1, 0.15) is 12.2 Å². The van der Waals surface area contributed by atoms with E-state index < -0.39 is 5.66 Å². The maximum atomic E-state index is 13.4. The zero-order valence-corrected chi connectivity index (χ0v) is 20.6. The van der Waals surface area contributed by atoms with Crippen LogP contribution in [0.15, 0.2) is 41.8 Å². The Balaban J connectivity index is 1.32. The highest BCUT2D eigenvalue weighted by Gasteiger charge is 2.53. The van der Waals surface area contributed by atoms with Crippen molar-refractivity contribution in [3.05, 3.63) is 52.2 Å². The molecule has 5 rings (SSSR count). The molecule has 3 aliphatic rings. The summed E-state index contributed by atoms with van der Waals surface area (Å²) in [6.07, 6.45) is 3.21. The molecule has 0 aliphatic carbocycles. The molecule has 2 atom stereocenters. The van der Waals surface area contributed by atoms with E-state index in [0.717, 1.165) is 19.0 Å². The summed E-state index contributed by atoms with van der Waals surface area (Å²) in [5, 5.41) is 5.18. The van der Waals surface area contributed by atoms with Crippen LogP contribution >= 0.6 is 11.3 Å². The Bertz CT molecular complexity index is 1080. The van der Waals surface area contributed by atoms with Gasteiger partial charge < -0.3 is 10.2 Å². The fraction of sp³-hybridized carbons (Fsp3) is 0.500. The van der Waals surface area contributed by atoms with Crippen LogP contribution in [-0.2, 0) is 9.59 Å². The van der Waals surface area contributed by atoms with Crippen molar-refractivity contribution in [3.63, 3.8) is 0 Å². The van der Waals surface area contributed by atoms with Crippen LogP contribution in [0.3, 0.4) is 0 Å². The van der Waals surface area contributed by atoms with Gasteiger partial charge in [0.15, 0.2) is 0 Å². The topological polar surface area (TPSA) is 73.0 Å². The highest BCUT2D eigenvalue weighted by Crippen LogP contribution is 2.43. The van der Waals surface area contributed by atoms with Crippen LogP contribution < -0.4 is 10.2 Å². The number of para-hydroxylation sites is 1. The number of anilines is 1. The fourth-order valence-corrected chi connectivity index (χ4v) is 6.44. The lowest BCUT2D eigenvalue weighted by atomic mass is 9.97. The first-order valence-electron chi connectivity index (χ1n) is 12.2. The minimum Gasteiger partial charge on any atom is -0.353 e. The third-order valence-corrected chi connectivity index (χ3v) is 8.64. The third kappa shape index (κ3) is 4.03. The van der Waals surface area contributed by atoms with Crippen molar-refractivity contribution in [2.45, 2.75) is 51.2 Å². The average Bonchev–Trinajstić information content (AvgIpc) is 3.47. The van der Waals surface area contributed by atoms with E-state index in [1.807, 2.05) is 19.1 Å². The van der Waals surface area contributed by atoms with Crippen LogP contribution in [0.1, 0.15) is 60.8 Å². The normalized spacial score (nSPS) is 24.2. The zero-order chi connectivity index (χ0) is 23.9. The number of nitrogens with zero attached hydrogens (tertiary/aromatic N) is 3. The van der Waals surface area contributed by atoms with Gasteiger partial charge in [-0.25, -0.2) is 0 Å². The Labute approximate surface area is 204 Å². The first-order chi connectivity index (χ1) is 16.4. The number of hydrogen-bond acceptors (Lipinski definition) is 5. The second-order valence-corrected chi connectivity index (χ2v) is 10.9. The number of benzene rings is 1. The number of hydrogen-bond donors (Lipinski definition) is 1. The number of nitrogens with one attached hydrogen (secondary N) is 1. The molecule has 1 N–H and O–H groups in total. The molecule has 34 heavy (non-hydrogen) atoms. The van der Waals surface area contributed by atoms with Gasteiger partial charge in [-0.05, 0) is 68.8 Å². The van der Waals surface area contributed by atoms with Crippen LogP contribution in [0, 0.1) is 5.92 Å². The van der Waals surface area contributed by atoms with Gasteiger partial charge >= 0.3 is 0 Å². The molecular weight excluding hydrogens is 448 g/mol. The van der Waals surface area contributed by atoms with E-state index in [1.54, 1.807) is 33.3 Å². The molecule has 1 aromatic heterocycles. The molecule has 0 spiro atoms. The SMILES string of the molecule is CC1CCN(C(CNC(=O)CN2C(=O)c3ccccc3N3C(=O)CCC23C)c2cccs2)CC1. The summed E-state index contributed by atoms with van der Waals surface area (Å²) in [6.45, 7) is 6.67. The van der Waals surface area contributed by atoms with Crippen molar-refractivity contribution in [1.29, 1.82) is 0 Å². The molecule has 2 saturated heterocycles. The molecule has 8 heteroatoms. The summed E-state index contributed by atoms with van der Waals surface area (Å²) < 4.78 is 0. The monoisotopic (exact) mass is 480 g/mol. The molecule has 0 radical (unpaired) electrons. The lowest BCUT2D eigenvalue weighted by molar-refractivity contribution is -0.124. The van der Waals surface area contributed by atoms with Crippen molar-refractivity contribution in [2.24, 2.45) is 5.92 Å². The van der Waals surface area contributed by atoms with Crippen LogP contribution in [0.5, 0.6) is 0 Å². The fourth-order valence-electron chi connectivity index (χ4n) is 5.58. The van der Waals surface area contributed by atoms with Gasteiger partial charge in [0, 0.05) is 17.8 Å². The number of piperidine rings is 1. The molecule has 2 unspecified atom stereocenters. The van der Waals surface area contributed by atoms with Crippen molar-refractivity contribution in [2.75, 3.05) is 31.1 Å². The molecule has 3 amide bonds. The van der Waals surface area contributed by atoms with E-state index >= 15 is 0 Å². The molecule has 0 bridgehead atoms. The average molecular weight is 481 g/mol. The third-order valence-electron chi connectivity index (χ3n) is 7.67. The summed E-state index contributed by atoms with van der Waals surface area (Å²) in [5.74, 6) is 0.338. The Morgan fingerprint density at radius 2 is 1.94 bits per heavy atom. The predicted molar refractivity (Wildman–Crippen MR) is 133 cm³/mol. The van der Waals surface area contributed by atoms with E-state index in [9.17, 15) is 14.4 Å². The second-order valence-electron chi connectivity index (χ2n) is 9.91. The van der Waals surface area contributed by atoms with Gasteiger partial charge in [-0.1, -0.05) is 25.1 Å². The summed E-state index contributed by atoms with van der Waals surface area (Å²) in [6, 6.07) is 11.5. The predicted octanol–water partition coefficient (Wildman–Crippen LogP) is 3.64. The van der Waals surface area contributed by atoms with Gasteiger partial charge in [-0.15, -0.1) is 11.3 Å². The van der Waals surface area contributed by atoms with E-state index in [0.29, 0.717) is 30.6 Å². The van der Waals surface area contributed by atoms with E-state index in [2.05, 4.69) is 34.7 Å². The summed E-state index contributed by atoms with van der Waals surface area (Å²) in [4.78, 5) is 46.3. The second kappa shape index (κ2) is 9.15. The molecular formula is C26H32N4O3S. The standard InChI is InChI=1S/C26H32N4O3S/c1-18-10-13-28(14-11-18)21(22-8-5-15-34-22)16-27-23(31)17-29-25(33)19-6-3-4-7-20(19)30-24(32)9-12-26(29,30)2/h3-8,15,18,21H,9-14,16-17H2,1-2H3,(H,27,31). The molecule has 2 fully saturated rings. The first-order valence-corrected chi connectivity index (χ1v) is 13.0. The Morgan fingerprint density at radius 1 is 1.18 bits per heavy atom. The number of likely N-dealkylation sites (tertiary alicyclic amines) is 1. The quantitative estimate of drug-likeness (QED) is 0.685. The Kier molecular flexibility index (Phi) is 6.20. The summed E-state index contributed by atoms with van der Waals surface area (Å²) >= 11 is 1.72. The molecule has 3 aliphatic heterocycles. The van der Waals surface area contributed by atoms with Crippen molar-refractivity contribution in [3.8, 4) is 0 Å². The molecule has 7 nitrogen and oxygen atoms in total.